The lowest BCUT2D eigenvalue weighted by molar-refractivity contribution is -0.137. The van der Waals surface area contributed by atoms with Crippen molar-refractivity contribution in [1.29, 1.82) is 0 Å². The predicted molar refractivity (Wildman–Crippen MR) is 129 cm³/mol. The van der Waals surface area contributed by atoms with Gasteiger partial charge in [0.15, 0.2) is 4.32 Å². The lowest BCUT2D eigenvalue weighted by atomic mass is 10.1. The molecule has 168 valence electrons. The van der Waals surface area contributed by atoms with Gasteiger partial charge in [-0.2, -0.15) is 13.2 Å². The van der Waals surface area contributed by atoms with Crippen molar-refractivity contribution in [2.75, 3.05) is 4.90 Å². The van der Waals surface area contributed by atoms with Crippen LogP contribution in [-0.2, 0) is 17.6 Å². The van der Waals surface area contributed by atoms with Crippen molar-refractivity contribution in [1.82, 2.24) is 0 Å². The molecule has 0 N–H and O–H groups in total. The molecule has 1 aliphatic heterocycles. The van der Waals surface area contributed by atoms with Crippen molar-refractivity contribution in [2.45, 2.75) is 12.8 Å². The number of carbonyl (C=O) groups is 1. The van der Waals surface area contributed by atoms with Crippen LogP contribution in [0.25, 0.3) is 6.08 Å². The number of thioether (sulfide) groups is 1. The van der Waals surface area contributed by atoms with E-state index in [1.54, 1.807) is 36.4 Å². The van der Waals surface area contributed by atoms with Crippen LogP contribution in [0.3, 0.4) is 0 Å². The highest BCUT2D eigenvalue weighted by Crippen LogP contribution is 2.38. The zero-order valence-electron chi connectivity index (χ0n) is 16.8. The Hall–Kier alpha value is -2.81. The van der Waals surface area contributed by atoms with Gasteiger partial charge in [-0.15, -0.1) is 0 Å². The molecule has 1 fully saturated rings. The first-order chi connectivity index (χ1) is 15.7. The molecule has 1 aliphatic rings. The maximum atomic E-state index is 13.0. The number of carbonyl (C=O) groups excluding carboxylic acids is 1. The Morgan fingerprint density at radius 1 is 1.03 bits per heavy atom. The quantitative estimate of drug-likeness (QED) is 0.268. The van der Waals surface area contributed by atoms with E-state index in [1.165, 1.54) is 12.1 Å². The molecule has 0 saturated carbocycles. The second-order valence-corrected chi connectivity index (χ2v) is 9.10. The van der Waals surface area contributed by atoms with Gasteiger partial charge in [-0.1, -0.05) is 72.0 Å². The van der Waals surface area contributed by atoms with E-state index in [1.807, 2.05) is 18.2 Å². The van der Waals surface area contributed by atoms with E-state index in [0.717, 1.165) is 39.9 Å². The molecule has 0 aromatic heterocycles. The van der Waals surface area contributed by atoms with Gasteiger partial charge in [-0.05, 0) is 48.0 Å². The topological polar surface area (TPSA) is 29.5 Å². The Morgan fingerprint density at radius 3 is 2.45 bits per heavy atom. The van der Waals surface area contributed by atoms with Crippen LogP contribution in [0.4, 0.5) is 18.9 Å². The second kappa shape index (κ2) is 9.59. The minimum absolute atomic E-state index is 0.0824. The van der Waals surface area contributed by atoms with Gasteiger partial charge in [0.05, 0.1) is 16.2 Å². The van der Waals surface area contributed by atoms with Crippen LogP contribution in [0.15, 0.2) is 77.7 Å². The number of anilines is 1. The average Bonchev–Trinajstić information content (AvgIpc) is 3.06. The van der Waals surface area contributed by atoms with E-state index < -0.39 is 17.6 Å². The Bertz CT molecular complexity index is 1240. The van der Waals surface area contributed by atoms with Gasteiger partial charge in [0.25, 0.3) is 5.91 Å². The molecule has 0 spiro atoms. The molecule has 0 bridgehead atoms. The SMILES string of the molecule is O=C1/C(=C/c2ccc(OCc3ccccc3Cl)cc2)SC(=S)N1c1cccc(C(F)(F)F)c1. The number of hydrogen-bond donors (Lipinski definition) is 0. The van der Waals surface area contributed by atoms with Gasteiger partial charge in [0, 0.05) is 10.6 Å². The van der Waals surface area contributed by atoms with E-state index in [9.17, 15) is 18.0 Å². The molecule has 3 aromatic carbocycles. The summed E-state index contributed by atoms with van der Waals surface area (Å²) >= 11 is 12.4. The minimum Gasteiger partial charge on any atom is -0.489 e. The van der Waals surface area contributed by atoms with Crippen molar-refractivity contribution in [2.24, 2.45) is 0 Å². The molecule has 3 nitrogen and oxygen atoms in total. The molecule has 0 atom stereocenters. The van der Waals surface area contributed by atoms with Gasteiger partial charge in [-0.3, -0.25) is 9.69 Å². The number of thiocarbonyl (C=S) groups is 1. The smallest absolute Gasteiger partial charge is 0.416 e. The van der Waals surface area contributed by atoms with Crippen molar-refractivity contribution >= 4 is 57.6 Å². The molecule has 3 aromatic rings. The summed E-state index contributed by atoms with van der Waals surface area (Å²) in [6.45, 7) is 0.314. The first-order valence-electron chi connectivity index (χ1n) is 9.64. The number of rotatable bonds is 5. The molecule has 1 heterocycles. The molecule has 33 heavy (non-hydrogen) atoms. The Morgan fingerprint density at radius 2 is 1.76 bits per heavy atom. The fraction of sp³-hybridized carbons (Fsp3) is 0.0833. The second-order valence-electron chi connectivity index (χ2n) is 7.01. The van der Waals surface area contributed by atoms with Crippen LogP contribution >= 0.6 is 35.6 Å². The Labute approximate surface area is 202 Å². The van der Waals surface area contributed by atoms with Crippen LogP contribution in [0, 0.1) is 0 Å². The lowest BCUT2D eigenvalue weighted by Crippen LogP contribution is -2.27. The van der Waals surface area contributed by atoms with Crippen molar-refractivity contribution in [3.8, 4) is 5.75 Å². The third kappa shape index (κ3) is 5.40. The first kappa shape index (κ1) is 23.4. The lowest BCUT2D eigenvalue weighted by Gasteiger charge is -2.16. The van der Waals surface area contributed by atoms with Gasteiger partial charge >= 0.3 is 6.18 Å². The number of benzene rings is 3. The molecule has 9 heteroatoms. The average molecular weight is 506 g/mol. The van der Waals surface area contributed by atoms with Crippen LogP contribution in [0.1, 0.15) is 16.7 Å². The van der Waals surface area contributed by atoms with E-state index in [4.69, 9.17) is 28.6 Å². The van der Waals surface area contributed by atoms with Crippen LogP contribution in [-0.4, -0.2) is 10.2 Å². The Balaban J connectivity index is 1.48. The van der Waals surface area contributed by atoms with Crippen LogP contribution in [0.5, 0.6) is 5.75 Å². The van der Waals surface area contributed by atoms with E-state index in [2.05, 4.69) is 0 Å². The van der Waals surface area contributed by atoms with Crippen molar-refractivity contribution in [3.63, 3.8) is 0 Å². The maximum Gasteiger partial charge on any atom is 0.416 e. The van der Waals surface area contributed by atoms with Gasteiger partial charge < -0.3 is 4.74 Å². The third-order valence-electron chi connectivity index (χ3n) is 4.76. The summed E-state index contributed by atoms with van der Waals surface area (Å²) in [6, 6.07) is 19.0. The summed E-state index contributed by atoms with van der Waals surface area (Å²) in [6.07, 6.45) is -2.87. The fourth-order valence-corrected chi connectivity index (χ4v) is 4.59. The van der Waals surface area contributed by atoms with Crippen molar-refractivity contribution in [3.05, 3.63) is 99.4 Å². The number of halogens is 4. The Kier molecular flexibility index (Phi) is 6.78. The monoisotopic (exact) mass is 505 g/mol. The van der Waals surface area contributed by atoms with Crippen molar-refractivity contribution < 1.29 is 22.7 Å². The summed E-state index contributed by atoms with van der Waals surface area (Å²) in [5.74, 6) is 0.159. The molecule has 0 unspecified atom stereocenters. The highest BCUT2D eigenvalue weighted by molar-refractivity contribution is 8.27. The molecule has 1 saturated heterocycles. The van der Waals surface area contributed by atoms with Crippen LogP contribution < -0.4 is 9.64 Å². The summed E-state index contributed by atoms with van der Waals surface area (Å²) in [5, 5.41) is 0.622. The molecular weight excluding hydrogens is 491 g/mol. The zero-order chi connectivity index (χ0) is 23.6. The summed E-state index contributed by atoms with van der Waals surface area (Å²) < 4.78 is 45.1. The van der Waals surface area contributed by atoms with Gasteiger partial charge in [0.2, 0.25) is 0 Å². The van der Waals surface area contributed by atoms with Gasteiger partial charge in [-0.25, -0.2) is 0 Å². The number of hydrogen-bond acceptors (Lipinski definition) is 4. The fourth-order valence-electron chi connectivity index (χ4n) is 3.10. The highest BCUT2D eigenvalue weighted by Gasteiger charge is 2.36. The van der Waals surface area contributed by atoms with E-state index >= 15 is 0 Å². The summed E-state index contributed by atoms with van der Waals surface area (Å²) in [4.78, 5) is 14.3. The summed E-state index contributed by atoms with van der Waals surface area (Å²) in [5.41, 5.74) is 0.829. The summed E-state index contributed by atoms with van der Waals surface area (Å²) in [7, 11) is 0. The molecule has 0 radical (unpaired) electrons. The normalized spacial score (nSPS) is 15.4. The van der Waals surface area contributed by atoms with E-state index in [-0.39, 0.29) is 10.0 Å². The predicted octanol–water partition coefficient (Wildman–Crippen LogP) is 7.34. The third-order valence-corrected chi connectivity index (χ3v) is 6.43. The number of ether oxygens (including phenoxy) is 1. The van der Waals surface area contributed by atoms with Gasteiger partial charge in [0.1, 0.15) is 12.4 Å². The molecular formula is C24H15ClF3NO2S2. The minimum atomic E-state index is -4.51. The highest BCUT2D eigenvalue weighted by atomic mass is 35.5. The largest absolute Gasteiger partial charge is 0.489 e. The molecule has 4 rings (SSSR count). The number of nitrogens with zero attached hydrogens (tertiary/aromatic N) is 1. The first-order valence-corrected chi connectivity index (χ1v) is 11.2. The van der Waals surface area contributed by atoms with Crippen LogP contribution in [0.2, 0.25) is 5.02 Å². The number of amides is 1. The zero-order valence-corrected chi connectivity index (χ0v) is 19.2. The standard InChI is InChI=1S/C24H15ClF3NO2S2/c25-20-7-2-1-4-16(20)14-31-19-10-8-15(9-11-19)12-21-22(30)29(23(32)33-21)18-6-3-5-17(13-18)24(26,27)28/h1-13H,14H2/b21-12-. The number of alkyl halides is 3. The van der Waals surface area contributed by atoms with E-state index in [0.29, 0.717) is 22.3 Å². The molecule has 1 amide bonds. The maximum absolute atomic E-state index is 13.0. The molecule has 0 aliphatic carbocycles.